The van der Waals surface area contributed by atoms with Gasteiger partial charge in [-0.2, -0.15) is 4.98 Å². The zero-order chi connectivity index (χ0) is 14.3. The second-order valence-corrected chi connectivity index (χ2v) is 5.12. The van der Waals surface area contributed by atoms with Crippen LogP contribution in [0.4, 0.5) is 5.95 Å². The van der Waals surface area contributed by atoms with E-state index in [0.29, 0.717) is 30.9 Å². The summed E-state index contributed by atoms with van der Waals surface area (Å²) < 4.78 is 5.60. The quantitative estimate of drug-likeness (QED) is 0.779. The van der Waals surface area contributed by atoms with Gasteiger partial charge in [0, 0.05) is 31.4 Å². The molecule has 0 aliphatic heterocycles. The lowest BCUT2D eigenvalue weighted by molar-refractivity contribution is 0.304. The van der Waals surface area contributed by atoms with E-state index in [2.05, 4.69) is 35.6 Å². The number of ether oxygens (including phenoxy) is 1. The summed E-state index contributed by atoms with van der Waals surface area (Å²) in [6.07, 6.45) is 0.969. The summed E-state index contributed by atoms with van der Waals surface area (Å²) in [6, 6.07) is 1.87. The van der Waals surface area contributed by atoms with Crippen LogP contribution in [0.25, 0.3) is 0 Å². The molecule has 0 radical (unpaired) electrons. The minimum atomic E-state index is 0.538. The van der Waals surface area contributed by atoms with E-state index in [1.54, 1.807) is 0 Å². The molecule has 1 aromatic rings. The number of rotatable bonds is 8. The largest absolute Gasteiger partial charge is 0.478 e. The molecular formula is C14H26N4O. The Morgan fingerprint density at radius 2 is 2.11 bits per heavy atom. The molecule has 0 spiro atoms. The molecule has 2 N–H and O–H groups in total. The molecule has 5 nitrogen and oxygen atoms in total. The molecule has 0 bridgehead atoms. The fraction of sp³-hybridized carbons (Fsp3) is 0.714. The molecule has 0 aliphatic carbocycles. The maximum atomic E-state index is 5.67. The molecular weight excluding hydrogens is 240 g/mol. The first-order chi connectivity index (χ1) is 9.06. The maximum absolute atomic E-state index is 5.67. The first kappa shape index (κ1) is 15.7. The minimum absolute atomic E-state index is 0.538. The summed E-state index contributed by atoms with van der Waals surface area (Å²) >= 11 is 0. The summed E-state index contributed by atoms with van der Waals surface area (Å²) in [5.41, 5.74) is 6.59. The predicted molar refractivity (Wildman–Crippen MR) is 78.7 cm³/mol. The maximum Gasteiger partial charge on any atom is 0.228 e. The average molecular weight is 266 g/mol. The van der Waals surface area contributed by atoms with Crippen LogP contribution in [-0.4, -0.2) is 36.2 Å². The van der Waals surface area contributed by atoms with Gasteiger partial charge in [-0.3, -0.25) is 0 Å². The zero-order valence-corrected chi connectivity index (χ0v) is 12.5. The van der Waals surface area contributed by atoms with Crippen LogP contribution in [0.1, 0.15) is 32.9 Å². The van der Waals surface area contributed by atoms with Crippen molar-refractivity contribution in [3.05, 3.63) is 11.8 Å². The normalized spacial score (nSPS) is 10.8. The lowest BCUT2D eigenvalue weighted by atomic mass is 10.2. The number of hydrogen-bond donors (Lipinski definition) is 1. The molecule has 0 fully saturated rings. The van der Waals surface area contributed by atoms with E-state index in [4.69, 9.17) is 10.5 Å². The highest BCUT2D eigenvalue weighted by Gasteiger charge is 2.12. The topological polar surface area (TPSA) is 64.3 Å². The zero-order valence-electron chi connectivity index (χ0n) is 12.5. The Hall–Kier alpha value is -1.36. The Labute approximate surface area is 116 Å². The molecule has 1 heterocycles. The third-order valence-electron chi connectivity index (χ3n) is 2.54. The van der Waals surface area contributed by atoms with Gasteiger partial charge >= 0.3 is 0 Å². The van der Waals surface area contributed by atoms with E-state index in [1.807, 2.05) is 13.0 Å². The van der Waals surface area contributed by atoms with Crippen molar-refractivity contribution < 1.29 is 4.74 Å². The molecule has 0 aromatic carbocycles. The van der Waals surface area contributed by atoms with Gasteiger partial charge in [0.25, 0.3) is 0 Å². The van der Waals surface area contributed by atoms with Crippen molar-refractivity contribution in [3.63, 3.8) is 0 Å². The lowest BCUT2D eigenvalue weighted by Gasteiger charge is -2.24. The standard InChI is InChI=1S/C14H26N4O/c1-5-8-19-13-9-12(4)16-14(17-13)18(7-6-15)10-11(2)3/h9,11H,5-8,10,15H2,1-4H3. The van der Waals surface area contributed by atoms with Crippen LogP contribution < -0.4 is 15.4 Å². The van der Waals surface area contributed by atoms with Crippen molar-refractivity contribution >= 4 is 5.95 Å². The highest BCUT2D eigenvalue weighted by Crippen LogP contribution is 2.16. The van der Waals surface area contributed by atoms with Gasteiger partial charge in [-0.1, -0.05) is 20.8 Å². The summed E-state index contributed by atoms with van der Waals surface area (Å²) in [5, 5.41) is 0. The van der Waals surface area contributed by atoms with Gasteiger partial charge in [0.15, 0.2) is 0 Å². The third kappa shape index (κ3) is 5.42. The molecule has 108 valence electrons. The van der Waals surface area contributed by atoms with E-state index in [1.165, 1.54) is 0 Å². The molecule has 5 heteroatoms. The molecule has 1 rings (SSSR count). The van der Waals surface area contributed by atoms with E-state index in [9.17, 15) is 0 Å². The van der Waals surface area contributed by atoms with Gasteiger partial charge in [-0.05, 0) is 19.3 Å². The molecule has 0 unspecified atom stereocenters. The highest BCUT2D eigenvalue weighted by molar-refractivity contribution is 5.34. The van der Waals surface area contributed by atoms with Gasteiger partial charge in [0.2, 0.25) is 11.8 Å². The smallest absolute Gasteiger partial charge is 0.228 e. The van der Waals surface area contributed by atoms with Crippen molar-refractivity contribution in [2.45, 2.75) is 34.1 Å². The second-order valence-electron chi connectivity index (χ2n) is 5.12. The Bertz CT molecular complexity index is 382. The number of aromatic nitrogens is 2. The average Bonchev–Trinajstić information content (AvgIpc) is 2.34. The van der Waals surface area contributed by atoms with Crippen LogP contribution in [0.2, 0.25) is 0 Å². The van der Waals surface area contributed by atoms with Crippen LogP contribution in [0, 0.1) is 12.8 Å². The van der Waals surface area contributed by atoms with Crippen molar-refractivity contribution in [3.8, 4) is 5.88 Å². The van der Waals surface area contributed by atoms with Crippen molar-refractivity contribution in [1.82, 2.24) is 9.97 Å². The van der Waals surface area contributed by atoms with Gasteiger partial charge in [0.1, 0.15) is 0 Å². The Morgan fingerprint density at radius 3 is 2.68 bits per heavy atom. The van der Waals surface area contributed by atoms with Crippen LogP contribution in [-0.2, 0) is 0 Å². The summed E-state index contributed by atoms with van der Waals surface area (Å²) in [6.45, 7) is 11.3. The molecule has 19 heavy (non-hydrogen) atoms. The number of anilines is 1. The van der Waals surface area contributed by atoms with Crippen molar-refractivity contribution in [1.29, 1.82) is 0 Å². The summed E-state index contributed by atoms with van der Waals surface area (Å²) in [4.78, 5) is 11.1. The number of nitrogens with two attached hydrogens (primary N) is 1. The second kappa shape index (κ2) is 7.94. The highest BCUT2D eigenvalue weighted by atomic mass is 16.5. The molecule has 0 atom stereocenters. The van der Waals surface area contributed by atoms with Gasteiger partial charge in [-0.25, -0.2) is 4.98 Å². The monoisotopic (exact) mass is 266 g/mol. The van der Waals surface area contributed by atoms with Gasteiger partial charge in [-0.15, -0.1) is 0 Å². The molecule has 0 saturated carbocycles. The van der Waals surface area contributed by atoms with Gasteiger partial charge in [0.05, 0.1) is 6.61 Å². The van der Waals surface area contributed by atoms with E-state index in [0.717, 1.165) is 25.2 Å². The molecule has 0 aliphatic rings. The predicted octanol–water partition coefficient (Wildman–Crippen LogP) is 1.99. The van der Waals surface area contributed by atoms with Crippen LogP contribution in [0.3, 0.4) is 0 Å². The molecule has 1 aromatic heterocycles. The van der Waals surface area contributed by atoms with Crippen LogP contribution in [0.5, 0.6) is 5.88 Å². The Balaban J connectivity index is 2.90. The minimum Gasteiger partial charge on any atom is -0.478 e. The van der Waals surface area contributed by atoms with Gasteiger partial charge < -0.3 is 15.4 Å². The fourth-order valence-corrected chi connectivity index (χ4v) is 1.82. The van der Waals surface area contributed by atoms with Crippen molar-refractivity contribution in [2.24, 2.45) is 11.7 Å². The fourth-order valence-electron chi connectivity index (χ4n) is 1.82. The first-order valence-corrected chi connectivity index (χ1v) is 7.00. The van der Waals surface area contributed by atoms with E-state index < -0.39 is 0 Å². The number of hydrogen-bond acceptors (Lipinski definition) is 5. The van der Waals surface area contributed by atoms with Crippen LogP contribution >= 0.6 is 0 Å². The lowest BCUT2D eigenvalue weighted by Crippen LogP contribution is -2.34. The Kier molecular flexibility index (Phi) is 6.56. The van der Waals surface area contributed by atoms with E-state index >= 15 is 0 Å². The summed E-state index contributed by atoms with van der Waals surface area (Å²) in [5.74, 6) is 1.90. The van der Waals surface area contributed by atoms with Crippen molar-refractivity contribution in [2.75, 3.05) is 31.1 Å². The number of nitrogens with zero attached hydrogens (tertiary/aromatic N) is 3. The van der Waals surface area contributed by atoms with Crippen LogP contribution in [0.15, 0.2) is 6.07 Å². The number of aryl methyl sites for hydroxylation is 1. The molecule has 0 saturated heterocycles. The SMILES string of the molecule is CCCOc1cc(C)nc(N(CCN)CC(C)C)n1. The Morgan fingerprint density at radius 1 is 1.37 bits per heavy atom. The molecule has 0 amide bonds. The summed E-state index contributed by atoms with van der Waals surface area (Å²) in [7, 11) is 0. The third-order valence-corrected chi connectivity index (χ3v) is 2.54. The van der Waals surface area contributed by atoms with E-state index in [-0.39, 0.29) is 0 Å². The first-order valence-electron chi connectivity index (χ1n) is 7.00.